The smallest absolute Gasteiger partial charge is 0.322 e. The summed E-state index contributed by atoms with van der Waals surface area (Å²) in [5.74, 6) is 2.00. The van der Waals surface area contributed by atoms with Crippen molar-refractivity contribution in [3.63, 3.8) is 0 Å². The lowest BCUT2D eigenvalue weighted by molar-refractivity contribution is 0.206. The normalized spacial score (nSPS) is 13.0. The fourth-order valence-electron chi connectivity index (χ4n) is 3.18. The molecule has 28 heavy (non-hydrogen) atoms. The van der Waals surface area contributed by atoms with E-state index < -0.39 is 0 Å². The number of pyridine rings is 1. The SMILES string of the molecule is COc1cc2c(cc1OC)CN(C(=O)Nc1ccc(-n3cncn3)nc1)CC2. The van der Waals surface area contributed by atoms with Gasteiger partial charge in [0.05, 0.1) is 26.1 Å². The minimum Gasteiger partial charge on any atom is -0.493 e. The van der Waals surface area contributed by atoms with Crippen molar-refractivity contribution in [3.05, 3.63) is 54.2 Å². The van der Waals surface area contributed by atoms with Crippen molar-refractivity contribution in [2.45, 2.75) is 13.0 Å². The summed E-state index contributed by atoms with van der Waals surface area (Å²) in [6.45, 7) is 1.13. The number of carbonyl (C=O) groups is 1. The third-order valence-corrected chi connectivity index (χ3v) is 4.66. The lowest BCUT2D eigenvalue weighted by Gasteiger charge is -2.29. The van der Waals surface area contributed by atoms with Crippen LogP contribution >= 0.6 is 0 Å². The van der Waals surface area contributed by atoms with E-state index in [1.807, 2.05) is 12.1 Å². The highest BCUT2D eigenvalue weighted by Crippen LogP contribution is 2.33. The molecule has 1 aliphatic rings. The molecule has 1 aliphatic heterocycles. The molecule has 0 aliphatic carbocycles. The van der Waals surface area contributed by atoms with Gasteiger partial charge in [0.25, 0.3) is 0 Å². The predicted octanol–water partition coefficient (Wildman–Crippen LogP) is 2.27. The third-order valence-electron chi connectivity index (χ3n) is 4.66. The molecule has 3 heterocycles. The first-order chi connectivity index (χ1) is 13.7. The van der Waals surface area contributed by atoms with E-state index in [4.69, 9.17) is 9.47 Å². The molecule has 0 saturated heterocycles. The van der Waals surface area contributed by atoms with E-state index >= 15 is 0 Å². The zero-order valence-electron chi connectivity index (χ0n) is 15.6. The summed E-state index contributed by atoms with van der Waals surface area (Å²) in [5.41, 5.74) is 2.84. The first-order valence-corrected chi connectivity index (χ1v) is 8.78. The van der Waals surface area contributed by atoms with Crippen molar-refractivity contribution in [1.29, 1.82) is 0 Å². The van der Waals surface area contributed by atoms with Gasteiger partial charge in [0, 0.05) is 13.1 Å². The Balaban J connectivity index is 1.45. The number of hydrogen-bond acceptors (Lipinski definition) is 6. The van der Waals surface area contributed by atoms with Gasteiger partial charge >= 0.3 is 6.03 Å². The number of amides is 2. The fourth-order valence-corrected chi connectivity index (χ4v) is 3.18. The zero-order chi connectivity index (χ0) is 19.5. The van der Waals surface area contributed by atoms with Crippen LogP contribution in [0, 0.1) is 0 Å². The van der Waals surface area contributed by atoms with Gasteiger partial charge in [-0.05, 0) is 41.8 Å². The molecule has 0 spiro atoms. The molecule has 0 saturated carbocycles. The molecule has 144 valence electrons. The first-order valence-electron chi connectivity index (χ1n) is 8.78. The van der Waals surface area contributed by atoms with E-state index in [0.29, 0.717) is 36.1 Å². The summed E-state index contributed by atoms with van der Waals surface area (Å²) < 4.78 is 12.3. The summed E-state index contributed by atoms with van der Waals surface area (Å²) in [7, 11) is 3.22. The Hall–Kier alpha value is -3.62. The first kappa shape index (κ1) is 17.8. The highest BCUT2D eigenvalue weighted by atomic mass is 16.5. The molecule has 1 aromatic carbocycles. The number of hydrogen-bond donors (Lipinski definition) is 1. The minimum atomic E-state index is -0.171. The van der Waals surface area contributed by atoms with Gasteiger partial charge in [0.2, 0.25) is 0 Å². The molecular formula is C19H20N6O3. The number of fused-ring (bicyclic) bond motifs is 1. The topological polar surface area (TPSA) is 94.4 Å². The summed E-state index contributed by atoms with van der Waals surface area (Å²) in [6, 6.07) is 7.30. The number of rotatable bonds is 4. The average molecular weight is 380 g/mol. The molecule has 0 fully saturated rings. The summed E-state index contributed by atoms with van der Waals surface area (Å²) in [4.78, 5) is 22.6. The maximum Gasteiger partial charge on any atom is 0.322 e. The molecule has 0 radical (unpaired) electrons. The van der Waals surface area contributed by atoms with Gasteiger partial charge in [0.1, 0.15) is 12.7 Å². The standard InChI is InChI=1S/C19H20N6O3/c1-27-16-7-13-5-6-24(10-14(13)8-17(16)28-2)19(26)23-15-3-4-18(21-9-15)25-12-20-11-22-25/h3-4,7-9,11-12H,5-6,10H2,1-2H3,(H,23,26). The van der Waals surface area contributed by atoms with Gasteiger partial charge in [-0.25, -0.2) is 19.4 Å². The molecule has 0 atom stereocenters. The number of methoxy groups -OCH3 is 2. The van der Waals surface area contributed by atoms with Gasteiger partial charge in [-0.3, -0.25) is 0 Å². The molecule has 4 rings (SSSR count). The number of carbonyl (C=O) groups excluding carboxylic acids is 1. The number of urea groups is 1. The van der Waals surface area contributed by atoms with E-state index in [1.54, 1.807) is 48.5 Å². The molecule has 2 amide bonds. The van der Waals surface area contributed by atoms with Gasteiger partial charge in [-0.15, -0.1) is 0 Å². The van der Waals surface area contributed by atoms with Crippen molar-refractivity contribution in [1.82, 2.24) is 24.6 Å². The van der Waals surface area contributed by atoms with Crippen molar-refractivity contribution in [2.24, 2.45) is 0 Å². The van der Waals surface area contributed by atoms with E-state index in [0.717, 1.165) is 12.0 Å². The Labute approximate surface area is 161 Å². The summed E-state index contributed by atoms with van der Waals surface area (Å²) in [5, 5.41) is 6.92. The Morgan fingerprint density at radius 3 is 2.57 bits per heavy atom. The van der Waals surface area contributed by atoms with Gasteiger partial charge in [-0.2, -0.15) is 5.10 Å². The monoisotopic (exact) mass is 380 g/mol. The molecule has 0 bridgehead atoms. The molecule has 9 heteroatoms. The van der Waals surface area contributed by atoms with E-state index in [1.165, 1.54) is 11.9 Å². The second kappa shape index (κ2) is 7.55. The number of ether oxygens (including phenoxy) is 2. The summed E-state index contributed by atoms with van der Waals surface area (Å²) in [6.07, 6.45) is 5.36. The molecule has 9 nitrogen and oxygen atoms in total. The largest absolute Gasteiger partial charge is 0.493 e. The minimum absolute atomic E-state index is 0.171. The molecule has 1 N–H and O–H groups in total. The number of nitrogens with zero attached hydrogens (tertiary/aromatic N) is 5. The molecular weight excluding hydrogens is 360 g/mol. The average Bonchev–Trinajstić information content (AvgIpc) is 3.27. The van der Waals surface area contributed by atoms with Crippen molar-refractivity contribution in [3.8, 4) is 17.3 Å². The van der Waals surface area contributed by atoms with Crippen LogP contribution in [-0.2, 0) is 13.0 Å². The Morgan fingerprint density at radius 2 is 1.93 bits per heavy atom. The van der Waals surface area contributed by atoms with Crippen molar-refractivity contribution < 1.29 is 14.3 Å². The molecule has 2 aromatic heterocycles. The van der Waals surface area contributed by atoms with Crippen LogP contribution in [0.1, 0.15) is 11.1 Å². The highest BCUT2D eigenvalue weighted by Gasteiger charge is 2.23. The van der Waals surface area contributed by atoms with E-state index in [2.05, 4.69) is 20.4 Å². The maximum absolute atomic E-state index is 12.7. The quantitative estimate of drug-likeness (QED) is 0.746. The van der Waals surface area contributed by atoms with E-state index in [9.17, 15) is 4.79 Å². The van der Waals surface area contributed by atoms with Crippen LogP contribution in [0.3, 0.4) is 0 Å². The number of aromatic nitrogens is 4. The van der Waals surface area contributed by atoms with Crippen LogP contribution in [-0.4, -0.2) is 51.4 Å². The Kier molecular flexibility index (Phi) is 4.79. The third kappa shape index (κ3) is 3.46. The highest BCUT2D eigenvalue weighted by molar-refractivity contribution is 5.89. The lowest BCUT2D eigenvalue weighted by atomic mass is 9.99. The van der Waals surface area contributed by atoms with Crippen LogP contribution in [0.2, 0.25) is 0 Å². The Bertz CT molecular complexity index is 972. The molecule has 3 aromatic rings. The molecule has 0 unspecified atom stereocenters. The van der Waals surface area contributed by atoms with Gasteiger partial charge in [0.15, 0.2) is 17.3 Å². The maximum atomic E-state index is 12.7. The second-order valence-electron chi connectivity index (χ2n) is 6.32. The summed E-state index contributed by atoms with van der Waals surface area (Å²) >= 11 is 0. The fraction of sp³-hybridized carbons (Fsp3) is 0.263. The second-order valence-corrected chi connectivity index (χ2v) is 6.32. The predicted molar refractivity (Wildman–Crippen MR) is 102 cm³/mol. The number of benzene rings is 1. The van der Waals surface area contributed by atoms with Crippen LogP contribution in [0.5, 0.6) is 11.5 Å². The lowest BCUT2D eigenvalue weighted by Crippen LogP contribution is -2.38. The van der Waals surface area contributed by atoms with Crippen LogP contribution in [0.25, 0.3) is 5.82 Å². The van der Waals surface area contributed by atoms with Crippen LogP contribution in [0.4, 0.5) is 10.5 Å². The van der Waals surface area contributed by atoms with Crippen molar-refractivity contribution >= 4 is 11.7 Å². The van der Waals surface area contributed by atoms with Crippen LogP contribution in [0.15, 0.2) is 43.1 Å². The van der Waals surface area contributed by atoms with Gasteiger partial charge < -0.3 is 19.7 Å². The van der Waals surface area contributed by atoms with E-state index in [-0.39, 0.29) is 6.03 Å². The Morgan fingerprint density at radius 1 is 1.14 bits per heavy atom. The number of anilines is 1. The van der Waals surface area contributed by atoms with Gasteiger partial charge in [-0.1, -0.05) is 0 Å². The number of nitrogens with one attached hydrogen (secondary N) is 1. The van der Waals surface area contributed by atoms with Crippen molar-refractivity contribution in [2.75, 3.05) is 26.1 Å². The van der Waals surface area contributed by atoms with Crippen LogP contribution < -0.4 is 14.8 Å². The zero-order valence-corrected chi connectivity index (χ0v) is 15.6.